The molecular weight excluding hydrogens is 252 g/mol. The molecule has 108 valence electrons. The first-order valence-electron chi connectivity index (χ1n) is 7.07. The van der Waals surface area contributed by atoms with Crippen LogP contribution < -0.4 is 10.2 Å². The van der Waals surface area contributed by atoms with E-state index in [0.717, 1.165) is 24.1 Å². The van der Waals surface area contributed by atoms with Gasteiger partial charge >= 0.3 is 0 Å². The Hall–Kier alpha value is -1.84. The first-order chi connectivity index (χ1) is 9.34. The maximum absolute atomic E-state index is 12.2. The third-order valence-corrected chi connectivity index (χ3v) is 3.95. The van der Waals surface area contributed by atoms with Gasteiger partial charge in [-0.2, -0.15) is 0 Å². The van der Waals surface area contributed by atoms with Gasteiger partial charge in [0.05, 0.1) is 0 Å². The number of nitrogens with zero attached hydrogens (tertiary/aromatic N) is 1. The average Bonchev–Trinajstić information content (AvgIpc) is 2.81. The van der Waals surface area contributed by atoms with Crippen molar-refractivity contribution >= 4 is 17.5 Å². The average molecular weight is 274 g/mol. The number of fused-ring (bicyclic) bond motifs is 1. The number of rotatable bonds is 3. The molecule has 1 aromatic carbocycles. The van der Waals surface area contributed by atoms with Crippen molar-refractivity contribution < 1.29 is 9.59 Å². The lowest BCUT2D eigenvalue weighted by Crippen LogP contribution is -2.42. The molecule has 4 heteroatoms. The molecule has 1 aliphatic rings. The first-order valence-corrected chi connectivity index (χ1v) is 7.07. The molecule has 4 nitrogen and oxygen atoms in total. The Labute approximate surface area is 120 Å². The van der Waals surface area contributed by atoms with Crippen LogP contribution in [0.1, 0.15) is 50.0 Å². The number of benzene rings is 1. The normalized spacial score (nSPS) is 14.1. The smallest absolute Gasteiger partial charge is 0.251 e. The number of amides is 2. The highest BCUT2D eigenvalue weighted by Crippen LogP contribution is 2.29. The molecule has 0 atom stereocenters. The molecule has 20 heavy (non-hydrogen) atoms. The Kier molecular flexibility index (Phi) is 3.84. The fourth-order valence-electron chi connectivity index (χ4n) is 2.34. The van der Waals surface area contributed by atoms with Crippen LogP contribution in [-0.2, 0) is 11.2 Å². The zero-order valence-corrected chi connectivity index (χ0v) is 12.6. The second-order valence-corrected chi connectivity index (χ2v) is 5.96. The number of carbonyl (C=O) groups is 2. The van der Waals surface area contributed by atoms with Crippen LogP contribution in [0.5, 0.6) is 0 Å². The molecule has 0 aromatic heterocycles. The van der Waals surface area contributed by atoms with Gasteiger partial charge in [-0.05, 0) is 50.5 Å². The molecular formula is C16H22N2O2. The standard InChI is InChI=1S/C16H22N2O2/c1-5-16(3,4)17-15(20)13-6-7-14-12(10-13)8-9-18(14)11(2)19/h6-7,10H,5,8-9H2,1-4H3,(H,17,20). The number of hydrogen-bond acceptors (Lipinski definition) is 2. The van der Waals surface area contributed by atoms with Crippen molar-refractivity contribution in [3.05, 3.63) is 29.3 Å². The van der Waals surface area contributed by atoms with Crippen molar-refractivity contribution in [3.63, 3.8) is 0 Å². The van der Waals surface area contributed by atoms with Crippen LogP contribution in [0.4, 0.5) is 5.69 Å². The van der Waals surface area contributed by atoms with E-state index >= 15 is 0 Å². The highest BCUT2D eigenvalue weighted by molar-refractivity contribution is 5.98. The highest BCUT2D eigenvalue weighted by Gasteiger charge is 2.24. The van der Waals surface area contributed by atoms with Crippen molar-refractivity contribution in [1.29, 1.82) is 0 Å². The fraction of sp³-hybridized carbons (Fsp3) is 0.500. The van der Waals surface area contributed by atoms with Crippen LogP contribution in [0.15, 0.2) is 18.2 Å². The Morgan fingerprint density at radius 1 is 1.35 bits per heavy atom. The molecule has 0 spiro atoms. The van der Waals surface area contributed by atoms with Gasteiger partial charge in [-0.15, -0.1) is 0 Å². The Morgan fingerprint density at radius 2 is 2.05 bits per heavy atom. The third kappa shape index (κ3) is 2.84. The fourth-order valence-corrected chi connectivity index (χ4v) is 2.34. The largest absolute Gasteiger partial charge is 0.347 e. The Balaban J connectivity index is 2.21. The van der Waals surface area contributed by atoms with E-state index in [-0.39, 0.29) is 17.4 Å². The van der Waals surface area contributed by atoms with Gasteiger partial charge in [-0.25, -0.2) is 0 Å². The summed E-state index contributed by atoms with van der Waals surface area (Å²) in [5.41, 5.74) is 2.46. The maximum atomic E-state index is 12.2. The minimum atomic E-state index is -0.207. The van der Waals surface area contributed by atoms with Crippen LogP contribution >= 0.6 is 0 Å². The molecule has 2 amide bonds. The summed E-state index contributed by atoms with van der Waals surface area (Å²) in [6, 6.07) is 5.57. The summed E-state index contributed by atoms with van der Waals surface area (Å²) >= 11 is 0. The summed E-state index contributed by atoms with van der Waals surface area (Å²) in [5, 5.41) is 3.03. The topological polar surface area (TPSA) is 49.4 Å². The summed E-state index contributed by atoms with van der Waals surface area (Å²) in [6.45, 7) is 8.34. The quantitative estimate of drug-likeness (QED) is 0.920. The second-order valence-electron chi connectivity index (χ2n) is 5.96. The van der Waals surface area contributed by atoms with Crippen molar-refractivity contribution in [2.45, 2.75) is 46.1 Å². The summed E-state index contributed by atoms with van der Waals surface area (Å²) < 4.78 is 0. The van der Waals surface area contributed by atoms with Crippen LogP contribution in [0.3, 0.4) is 0 Å². The van der Waals surface area contributed by atoms with Gasteiger partial charge in [0.2, 0.25) is 5.91 Å². The van der Waals surface area contributed by atoms with Crippen molar-refractivity contribution in [3.8, 4) is 0 Å². The molecule has 0 unspecified atom stereocenters. The van der Waals surface area contributed by atoms with Crippen LogP contribution in [0.25, 0.3) is 0 Å². The molecule has 2 rings (SSSR count). The lowest BCUT2D eigenvalue weighted by atomic mass is 10.0. The monoisotopic (exact) mass is 274 g/mol. The highest BCUT2D eigenvalue weighted by atomic mass is 16.2. The summed E-state index contributed by atoms with van der Waals surface area (Å²) in [6.07, 6.45) is 1.69. The predicted octanol–water partition coefficient (Wildman–Crippen LogP) is 2.51. The van der Waals surface area contributed by atoms with Crippen molar-refractivity contribution in [2.24, 2.45) is 0 Å². The van der Waals surface area contributed by atoms with Gasteiger partial charge in [0, 0.05) is 30.3 Å². The lowest BCUT2D eigenvalue weighted by Gasteiger charge is -2.24. The van der Waals surface area contributed by atoms with E-state index in [9.17, 15) is 9.59 Å². The van der Waals surface area contributed by atoms with Crippen LogP contribution in [0.2, 0.25) is 0 Å². The van der Waals surface area contributed by atoms with Gasteiger partial charge < -0.3 is 10.2 Å². The molecule has 1 aliphatic heterocycles. The SMILES string of the molecule is CCC(C)(C)NC(=O)c1ccc2c(c1)CCN2C(C)=O. The van der Waals surface area contributed by atoms with E-state index in [2.05, 4.69) is 5.32 Å². The maximum Gasteiger partial charge on any atom is 0.251 e. The van der Waals surface area contributed by atoms with E-state index < -0.39 is 0 Å². The van der Waals surface area contributed by atoms with Crippen LogP contribution in [0, 0.1) is 0 Å². The van der Waals surface area contributed by atoms with Crippen molar-refractivity contribution in [1.82, 2.24) is 5.32 Å². The summed E-state index contributed by atoms with van der Waals surface area (Å²) in [7, 11) is 0. The van der Waals surface area contributed by atoms with Gasteiger partial charge in [-0.1, -0.05) is 6.92 Å². The van der Waals surface area contributed by atoms with Crippen molar-refractivity contribution in [2.75, 3.05) is 11.4 Å². The van der Waals surface area contributed by atoms with E-state index in [0.29, 0.717) is 12.1 Å². The second kappa shape index (κ2) is 5.27. The van der Waals surface area contributed by atoms with E-state index in [4.69, 9.17) is 0 Å². The number of hydrogen-bond donors (Lipinski definition) is 1. The summed E-state index contributed by atoms with van der Waals surface area (Å²) in [4.78, 5) is 25.5. The molecule has 0 saturated heterocycles. The van der Waals surface area contributed by atoms with Gasteiger partial charge in [-0.3, -0.25) is 9.59 Å². The number of nitrogens with one attached hydrogen (secondary N) is 1. The van der Waals surface area contributed by atoms with E-state index in [1.54, 1.807) is 17.9 Å². The molecule has 0 saturated carbocycles. The zero-order chi connectivity index (χ0) is 14.9. The first kappa shape index (κ1) is 14.6. The molecule has 0 fully saturated rings. The predicted molar refractivity (Wildman–Crippen MR) is 80.0 cm³/mol. The minimum absolute atomic E-state index is 0.0491. The number of carbonyl (C=O) groups excluding carboxylic acids is 2. The van der Waals surface area contributed by atoms with Gasteiger partial charge in [0.25, 0.3) is 5.91 Å². The van der Waals surface area contributed by atoms with E-state index in [1.807, 2.05) is 32.9 Å². The molecule has 0 bridgehead atoms. The lowest BCUT2D eigenvalue weighted by molar-refractivity contribution is -0.116. The molecule has 0 radical (unpaired) electrons. The van der Waals surface area contributed by atoms with E-state index in [1.165, 1.54) is 0 Å². The van der Waals surface area contributed by atoms with Gasteiger partial charge in [0.1, 0.15) is 0 Å². The molecule has 1 N–H and O–H groups in total. The number of anilines is 1. The third-order valence-electron chi connectivity index (χ3n) is 3.95. The molecule has 1 heterocycles. The van der Waals surface area contributed by atoms with Crippen LogP contribution in [-0.4, -0.2) is 23.9 Å². The summed E-state index contributed by atoms with van der Waals surface area (Å²) in [5.74, 6) is -0.00556. The molecule has 0 aliphatic carbocycles. The Morgan fingerprint density at radius 3 is 2.65 bits per heavy atom. The Bertz CT molecular complexity index is 549. The van der Waals surface area contributed by atoms with Gasteiger partial charge in [0.15, 0.2) is 0 Å². The molecule has 1 aromatic rings. The minimum Gasteiger partial charge on any atom is -0.347 e. The zero-order valence-electron chi connectivity index (χ0n) is 12.6.